The van der Waals surface area contributed by atoms with Crippen LogP contribution in [0.4, 0.5) is 0 Å². The number of nitriles is 1. The van der Waals surface area contributed by atoms with Gasteiger partial charge >= 0.3 is 5.97 Å². The molecule has 0 saturated carbocycles. The average molecular weight is 356 g/mol. The van der Waals surface area contributed by atoms with E-state index in [1.54, 1.807) is 13.2 Å². The summed E-state index contributed by atoms with van der Waals surface area (Å²) < 4.78 is 15.1. The van der Waals surface area contributed by atoms with Crippen molar-refractivity contribution in [2.75, 3.05) is 27.4 Å². The van der Waals surface area contributed by atoms with Gasteiger partial charge in [0.2, 0.25) is 0 Å². The second-order valence-corrected chi connectivity index (χ2v) is 5.88. The van der Waals surface area contributed by atoms with Gasteiger partial charge in [0.15, 0.2) is 0 Å². The summed E-state index contributed by atoms with van der Waals surface area (Å²) in [6.07, 6.45) is 5.10. The molecule has 1 aliphatic rings. The molecule has 2 rings (SSSR count). The highest BCUT2D eigenvalue weighted by Crippen LogP contribution is 2.29. The SMILES string of the molecule is CCC1Cc2cc(OC)ccc2/C(=C/C=C(\C#N)C(=O)OCCOC)N1. The van der Waals surface area contributed by atoms with E-state index in [-0.39, 0.29) is 18.2 Å². The molecule has 1 aromatic rings. The number of carbonyl (C=O) groups is 1. The summed E-state index contributed by atoms with van der Waals surface area (Å²) >= 11 is 0. The van der Waals surface area contributed by atoms with E-state index in [2.05, 4.69) is 12.2 Å². The quantitative estimate of drug-likeness (QED) is 0.350. The average Bonchev–Trinajstić information content (AvgIpc) is 2.67. The molecule has 0 amide bonds. The lowest BCUT2D eigenvalue weighted by Gasteiger charge is -2.28. The van der Waals surface area contributed by atoms with Crippen LogP contribution in [0.5, 0.6) is 5.75 Å². The number of hydrogen-bond donors (Lipinski definition) is 1. The molecule has 0 saturated heterocycles. The third-order valence-electron chi connectivity index (χ3n) is 4.20. The zero-order valence-corrected chi connectivity index (χ0v) is 15.4. The highest BCUT2D eigenvalue weighted by atomic mass is 16.6. The molecule has 26 heavy (non-hydrogen) atoms. The lowest BCUT2D eigenvalue weighted by molar-refractivity contribution is -0.139. The topological polar surface area (TPSA) is 80.6 Å². The van der Waals surface area contributed by atoms with E-state index in [9.17, 15) is 10.1 Å². The summed E-state index contributed by atoms with van der Waals surface area (Å²) in [6.45, 7) is 2.52. The van der Waals surface area contributed by atoms with Crippen molar-refractivity contribution in [3.8, 4) is 11.8 Å². The molecule has 1 aliphatic heterocycles. The van der Waals surface area contributed by atoms with Crippen LogP contribution in [0.25, 0.3) is 5.70 Å². The Morgan fingerprint density at radius 2 is 2.19 bits per heavy atom. The number of nitrogens with one attached hydrogen (secondary N) is 1. The van der Waals surface area contributed by atoms with Gasteiger partial charge in [0, 0.05) is 24.4 Å². The maximum Gasteiger partial charge on any atom is 0.348 e. The molecule has 1 heterocycles. The number of ether oxygens (including phenoxy) is 3. The van der Waals surface area contributed by atoms with Crippen LogP contribution in [0.2, 0.25) is 0 Å². The van der Waals surface area contributed by atoms with Crippen molar-refractivity contribution < 1.29 is 19.0 Å². The molecule has 6 heteroatoms. The van der Waals surface area contributed by atoms with E-state index >= 15 is 0 Å². The minimum Gasteiger partial charge on any atom is -0.497 e. The van der Waals surface area contributed by atoms with Gasteiger partial charge in [0.25, 0.3) is 0 Å². The number of fused-ring (bicyclic) bond motifs is 1. The monoisotopic (exact) mass is 356 g/mol. The molecule has 1 aromatic carbocycles. The summed E-state index contributed by atoms with van der Waals surface area (Å²) in [5.74, 6) is 0.161. The highest BCUT2D eigenvalue weighted by Gasteiger charge is 2.21. The number of carbonyl (C=O) groups excluding carboxylic acids is 1. The van der Waals surface area contributed by atoms with Gasteiger partial charge in [-0.15, -0.1) is 0 Å². The van der Waals surface area contributed by atoms with Crippen LogP contribution in [0.15, 0.2) is 35.9 Å². The Hall–Kier alpha value is -2.78. The Bertz CT molecular complexity index is 747. The van der Waals surface area contributed by atoms with Crippen LogP contribution in [0.3, 0.4) is 0 Å². The van der Waals surface area contributed by atoms with Gasteiger partial charge in [-0.2, -0.15) is 5.26 Å². The smallest absolute Gasteiger partial charge is 0.348 e. The van der Waals surface area contributed by atoms with Crippen molar-refractivity contribution in [2.45, 2.75) is 25.8 Å². The number of allylic oxidation sites excluding steroid dienone is 2. The molecule has 1 N–H and O–H groups in total. The number of benzene rings is 1. The van der Waals surface area contributed by atoms with E-state index in [4.69, 9.17) is 14.2 Å². The minimum absolute atomic E-state index is 0.0518. The Balaban J connectivity index is 2.28. The third-order valence-corrected chi connectivity index (χ3v) is 4.20. The molecule has 138 valence electrons. The van der Waals surface area contributed by atoms with E-state index in [1.807, 2.05) is 24.3 Å². The van der Waals surface area contributed by atoms with Crippen molar-refractivity contribution >= 4 is 11.7 Å². The zero-order valence-electron chi connectivity index (χ0n) is 15.4. The highest BCUT2D eigenvalue weighted by molar-refractivity contribution is 5.93. The molecule has 6 nitrogen and oxygen atoms in total. The van der Waals surface area contributed by atoms with Crippen molar-refractivity contribution in [1.29, 1.82) is 5.26 Å². The Labute approximate surface area is 154 Å². The maximum atomic E-state index is 11.9. The predicted molar refractivity (Wildman–Crippen MR) is 98.4 cm³/mol. The second kappa shape index (κ2) is 9.64. The first-order chi connectivity index (χ1) is 12.6. The lowest BCUT2D eigenvalue weighted by Crippen LogP contribution is -2.34. The Morgan fingerprint density at radius 1 is 1.38 bits per heavy atom. The number of hydrogen-bond acceptors (Lipinski definition) is 6. The molecule has 0 bridgehead atoms. The minimum atomic E-state index is -0.654. The Morgan fingerprint density at radius 3 is 2.85 bits per heavy atom. The Kier molecular flexibility index (Phi) is 7.24. The summed E-state index contributed by atoms with van der Waals surface area (Å²) in [7, 11) is 3.17. The van der Waals surface area contributed by atoms with Crippen LogP contribution in [0.1, 0.15) is 24.5 Å². The normalized spacial score (nSPS) is 17.8. The van der Waals surface area contributed by atoms with Gasteiger partial charge in [-0.3, -0.25) is 0 Å². The van der Waals surface area contributed by atoms with Crippen LogP contribution >= 0.6 is 0 Å². The fourth-order valence-corrected chi connectivity index (χ4v) is 2.74. The van der Waals surface area contributed by atoms with E-state index in [1.165, 1.54) is 18.7 Å². The van der Waals surface area contributed by atoms with Gasteiger partial charge in [-0.1, -0.05) is 6.92 Å². The predicted octanol–water partition coefficient (Wildman–Crippen LogP) is 2.60. The van der Waals surface area contributed by atoms with Crippen LogP contribution in [0, 0.1) is 11.3 Å². The number of nitrogens with zero attached hydrogens (tertiary/aromatic N) is 1. The summed E-state index contributed by atoms with van der Waals surface area (Å²) in [5.41, 5.74) is 3.04. The fourth-order valence-electron chi connectivity index (χ4n) is 2.74. The maximum absolute atomic E-state index is 11.9. The van der Waals surface area contributed by atoms with E-state index in [0.717, 1.165) is 29.9 Å². The third kappa shape index (κ3) is 4.87. The summed E-state index contributed by atoms with van der Waals surface area (Å²) in [4.78, 5) is 11.9. The molecule has 1 unspecified atom stereocenters. The van der Waals surface area contributed by atoms with Gasteiger partial charge in [0.1, 0.15) is 24.0 Å². The first-order valence-corrected chi connectivity index (χ1v) is 8.54. The summed E-state index contributed by atoms with van der Waals surface area (Å²) in [5, 5.41) is 12.7. The van der Waals surface area contributed by atoms with Crippen molar-refractivity contribution in [1.82, 2.24) is 5.32 Å². The number of rotatable bonds is 7. The molecule has 0 aromatic heterocycles. The first-order valence-electron chi connectivity index (χ1n) is 8.54. The molecular formula is C20H24N2O4. The lowest BCUT2D eigenvalue weighted by atomic mass is 9.91. The largest absolute Gasteiger partial charge is 0.497 e. The van der Waals surface area contributed by atoms with Crippen LogP contribution in [-0.4, -0.2) is 39.4 Å². The summed E-state index contributed by atoms with van der Waals surface area (Å²) in [6, 6.07) is 8.08. The molecular weight excluding hydrogens is 332 g/mol. The van der Waals surface area contributed by atoms with Crippen molar-refractivity contribution in [3.05, 3.63) is 47.1 Å². The number of methoxy groups -OCH3 is 2. The molecule has 0 spiro atoms. The van der Waals surface area contributed by atoms with Crippen LogP contribution < -0.4 is 10.1 Å². The molecule has 0 fully saturated rings. The second-order valence-electron chi connectivity index (χ2n) is 5.88. The van der Waals surface area contributed by atoms with Gasteiger partial charge < -0.3 is 19.5 Å². The van der Waals surface area contributed by atoms with Crippen molar-refractivity contribution in [2.24, 2.45) is 0 Å². The van der Waals surface area contributed by atoms with E-state index in [0.29, 0.717) is 6.61 Å². The number of esters is 1. The van der Waals surface area contributed by atoms with Crippen LogP contribution in [-0.2, 0) is 20.7 Å². The molecule has 0 aliphatic carbocycles. The van der Waals surface area contributed by atoms with Gasteiger partial charge in [0.05, 0.1) is 13.7 Å². The zero-order chi connectivity index (χ0) is 18.9. The molecule has 0 radical (unpaired) electrons. The molecule has 1 atom stereocenters. The standard InChI is InChI=1S/C20H24N2O4/c1-4-16-11-15-12-17(25-3)6-7-18(15)19(22-16)8-5-14(13-21)20(23)26-10-9-24-2/h5-8,12,16,22H,4,9-11H2,1-3H3/b14-5+,19-8-. The first kappa shape index (κ1) is 19.5. The fraction of sp³-hybridized carbons (Fsp3) is 0.400. The van der Waals surface area contributed by atoms with Gasteiger partial charge in [-0.25, -0.2) is 4.79 Å². The van der Waals surface area contributed by atoms with Gasteiger partial charge in [-0.05, 0) is 48.8 Å². The van der Waals surface area contributed by atoms with Crippen molar-refractivity contribution in [3.63, 3.8) is 0 Å². The van der Waals surface area contributed by atoms with E-state index < -0.39 is 5.97 Å².